The lowest BCUT2D eigenvalue weighted by Crippen LogP contribution is -2.26. The topological polar surface area (TPSA) is 48.0 Å². The van der Waals surface area contributed by atoms with E-state index in [1.165, 1.54) is 6.07 Å². The van der Waals surface area contributed by atoms with E-state index in [1.807, 2.05) is 73.0 Å². The summed E-state index contributed by atoms with van der Waals surface area (Å²) in [4.78, 5) is 13.7. The van der Waals surface area contributed by atoms with Crippen molar-refractivity contribution in [3.05, 3.63) is 128 Å². The molecule has 1 aromatic heterocycles. The quantitative estimate of drug-likeness (QED) is 0.371. The van der Waals surface area contributed by atoms with Crippen LogP contribution in [0.1, 0.15) is 34.1 Å². The van der Waals surface area contributed by atoms with Crippen LogP contribution in [0.3, 0.4) is 0 Å². The molecule has 2 N–H and O–H groups in total. The molecule has 4 aromatic rings. The van der Waals surface area contributed by atoms with Crippen LogP contribution in [0.5, 0.6) is 0 Å². The summed E-state index contributed by atoms with van der Waals surface area (Å²) in [6.45, 7) is 4.24. The molecule has 0 fully saturated rings. The van der Waals surface area contributed by atoms with Crippen molar-refractivity contribution in [1.29, 1.82) is 0 Å². The maximum Gasteiger partial charge on any atom is 0.193 e. The van der Waals surface area contributed by atoms with Gasteiger partial charge in [-0.3, -0.25) is 4.79 Å². The van der Waals surface area contributed by atoms with Gasteiger partial charge in [0.15, 0.2) is 5.43 Å². The van der Waals surface area contributed by atoms with E-state index in [2.05, 4.69) is 0 Å². The first-order valence-electron chi connectivity index (χ1n) is 10.9. The summed E-state index contributed by atoms with van der Waals surface area (Å²) in [5.74, 6) is -0.427. The van der Waals surface area contributed by atoms with Gasteiger partial charge in [-0.1, -0.05) is 78.3 Å². The minimum absolute atomic E-state index is 0.183. The van der Waals surface area contributed by atoms with Crippen LogP contribution in [0.25, 0.3) is 11.1 Å². The zero-order valence-electron chi connectivity index (χ0n) is 18.7. The molecule has 0 aliphatic carbocycles. The average Bonchev–Trinajstić information content (AvgIpc) is 2.82. The van der Waals surface area contributed by atoms with E-state index >= 15 is 0 Å². The number of aromatic nitrogens is 1. The summed E-state index contributed by atoms with van der Waals surface area (Å²) in [7, 11) is 0. The Bertz CT molecular complexity index is 1350. The van der Waals surface area contributed by atoms with Crippen molar-refractivity contribution in [2.45, 2.75) is 32.9 Å². The van der Waals surface area contributed by atoms with Crippen LogP contribution >= 0.6 is 11.6 Å². The van der Waals surface area contributed by atoms with Gasteiger partial charge in [-0.05, 0) is 43.5 Å². The summed E-state index contributed by atoms with van der Waals surface area (Å²) in [5, 5.41) is 0.643. The zero-order valence-corrected chi connectivity index (χ0v) is 19.4. The second-order valence-corrected chi connectivity index (χ2v) is 8.64. The fourth-order valence-electron chi connectivity index (χ4n) is 4.32. The maximum atomic E-state index is 14.8. The first-order valence-corrected chi connectivity index (χ1v) is 11.3. The van der Waals surface area contributed by atoms with Crippen molar-refractivity contribution >= 4 is 11.6 Å². The Morgan fingerprint density at radius 3 is 2.24 bits per heavy atom. The molecule has 5 heteroatoms. The lowest BCUT2D eigenvalue weighted by atomic mass is 9.93. The number of halogens is 2. The molecule has 3 nitrogen and oxygen atoms in total. The van der Waals surface area contributed by atoms with Crippen molar-refractivity contribution in [2.75, 3.05) is 0 Å². The van der Waals surface area contributed by atoms with Crippen molar-refractivity contribution in [2.24, 2.45) is 5.73 Å². The molecule has 0 bridgehead atoms. The van der Waals surface area contributed by atoms with Gasteiger partial charge >= 0.3 is 0 Å². The van der Waals surface area contributed by atoms with Gasteiger partial charge in [0, 0.05) is 40.1 Å². The molecule has 1 heterocycles. The minimum Gasteiger partial charge on any atom is -0.344 e. The summed E-state index contributed by atoms with van der Waals surface area (Å²) in [6, 6.07) is 23.3. The molecule has 33 heavy (non-hydrogen) atoms. The Labute approximate surface area is 198 Å². The number of pyridine rings is 1. The zero-order chi connectivity index (χ0) is 23.5. The molecule has 0 spiro atoms. The van der Waals surface area contributed by atoms with Gasteiger partial charge in [0.25, 0.3) is 0 Å². The van der Waals surface area contributed by atoms with E-state index in [4.69, 9.17) is 17.3 Å². The second-order valence-electron chi connectivity index (χ2n) is 8.23. The predicted octanol–water partition coefficient (Wildman–Crippen LogP) is 6.22. The van der Waals surface area contributed by atoms with Gasteiger partial charge in [0.2, 0.25) is 0 Å². The third-order valence-corrected chi connectivity index (χ3v) is 6.56. The monoisotopic (exact) mass is 460 g/mol. The lowest BCUT2D eigenvalue weighted by molar-refractivity contribution is 0.629. The molecule has 4 rings (SSSR count). The number of hydrogen-bond donors (Lipinski definition) is 1. The largest absolute Gasteiger partial charge is 0.344 e. The van der Waals surface area contributed by atoms with Crippen molar-refractivity contribution in [3.63, 3.8) is 0 Å². The number of hydrogen-bond acceptors (Lipinski definition) is 2. The Morgan fingerprint density at radius 1 is 0.909 bits per heavy atom. The molecule has 1 atom stereocenters. The smallest absolute Gasteiger partial charge is 0.193 e. The number of benzene rings is 3. The van der Waals surface area contributed by atoms with E-state index in [1.54, 1.807) is 18.2 Å². The Kier molecular flexibility index (Phi) is 6.77. The van der Waals surface area contributed by atoms with Gasteiger partial charge in [-0.15, -0.1) is 0 Å². The molecule has 168 valence electrons. The Hall–Kier alpha value is -3.21. The first kappa shape index (κ1) is 23.0. The van der Waals surface area contributed by atoms with Crippen molar-refractivity contribution < 1.29 is 4.39 Å². The number of nitrogens with zero attached hydrogens (tertiary/aromatic N) is 1. The third-order valence-electron chi connectivity index (χ3n) is 6.19. The van der Waals surface area contributed by atoms with Crippen LogP contribution in [0.2, 0.25) is 5.02 Å². The molecule has 0 saturated heterocycles. The van der Waals surface area contributed by atoms with Gasteiger partial charge in [0.1, 0.15) is 5.82 Å². The fraction of sp³-hybridized carbons (Fsp3) is 0.179. The molecule has 0 aliphatic rings. The van der Waals surface area contributed by atoms with Crippen LogP contribution in [-0.4, -0.2) is 4.57 Å². The van der Waals surface area contributed by atoms with Gasteiger partial charge in [-0.25, -0.2) is 4.39 Å². The van der Waals surface area contributed by atoms with Crippen LogP contribution in [0, 0.1) is 19.7 Å². The van der Waals surface area contributed by atoms with E-state index < -0.39 is 5.82 Å². The normalized spacial score (nSPS) is 12.0. The average molecular weight is 461 g/mol. The van der Waals surface area contributed by atoms with Gasteiger partial charge in [0.05, 0.1) is 5.56 Å². The van der Waals surface area contributed by atoms with Crippen LogP contribution in [-0.2, 0) is 13.0 Å². The van der Waals surface area contributed by atoms with E-state index in [0.29, 0.717) is 40.4 Å². The highest BCUT2D eigenvalue weighted by Crippen LogP contribution is 2.28. The highest BCUT2D eigenvalue weighted by Gasteiger charge is 2.22. The van der Waals surface area contributed by atoms with Crippen LogP contribution < -0.4 is 11.2 Å². The van der Waals surface area contributed by atoms with E-state index in [0.717, 1.165) is 16.8 Å². The highest BCUT2D eigenvalue weighted by molar-refractivity contribution is 6.31. The predicted molar refractivity (Wildman–Crippen MR) is 133 cm³/mol. The molecule has 0 radical (unpaired) electrons. The molecule has 1 unspecified atom stereocenters. The second kappa shape index (κ2) is 9.74. The minimum atomic E-state index is -0.427. The Morgan fingerprint density at radius 2 is 1.55 bits per heavy atom. The molecular weight excluding hydrogens is 435 g/mol. The van der Waals surface area contributed by atoms with Crippen molar-refractivity contribution in [3.8, 4) is 11.1 Å². The lowest BCUT2D eigenvalue weighted by Gasteiger charge is -2.23. The molecule has 0 aliphatic heterocycles. The number of nitrogens with two attached hydrogens (primary N) is 1. The van der Waals surface area contributed by atoms with Gasteiger partial charge < -0.3 is 10.3 Å². The van der Waals surface area contributed by atoms with Crippen LogP contribution in [0.15, 0.2) is 83.7 Å². The number of rotatable bonds is 6. The third kappa shape index (κ3) is 4.63. The van der Waals surface area contributed by atoms with Crippen LogP contribution in [0.4, 0.5) is 4.39 Å². The highest BCUT2D eigenvalue weighted by atomic mass is 35.5. The Balaban J connectivity index is 1.92. The van der Waals surface area contributed by atoms with Crippen molar-refractivity contribution in [1.82, 2.24) is 4.57 Å². The first-order chi connectivity index (χ1) is 15.9. The molecular formula is C28H26ClFN2O. The standard InChI is InChI=1S/C28H26ClFN2O/c1-18-23(16-26(31)20-10-4-3-5-11-20)28(33)27(22-13-7-9-15-25(22)30)19(2)32(18)17-21-12-6-8-14-24(21)29/h3-15,26H,16-17,31H2,1-2H3. The van der Waals surface area contributed by atoms with Gasteiger partial charge in [-0.2, -0.15) is 0 Å². The summed E-state index contributed by atoms with van der Waals surface area (Å²) >= 11 is 6.44. The summed E-state index contributed by atoms with van der Waals surface area (Å²) < 4.78 is 16.9. The molecule has 0 saturated carbocycles. The SMILES string of the molecule is Cc1c(CC(N)c2ccccc2)c(=O)c(-c2ccccc2F)c(C)n1Cc1ccccc1Cl. The fourth-order valence-corrected chi connectivity index (χ4v) is 4.52. The molecule has 0 amide bonds. The summed E-state index contributed by atoms with van der Waals surface area (Å²) in [5.41, 5.74) is 10.9. The molecule has 3 aromatic carbocycles. The van der Waals surface area contributed by atoms with E-state index in [9.17, 15) is 9.18 Å². The maximum absolute atomic E-state index is 14.8. The summed E-state index contributed by atoms with van der Waals surface area (Å²) in [6.07, 6.45) is 0.346. The van der Waals surface area contributed by atoms with E-state index in [-0.39, 0.29) is 11.5 Å².